The monoisotopic (exact) mass is 236 g/mol. The van der Waals surface area contributed by atoms with Crippen LogP contribution in [0.4, 0.5) is 0 Å². The summed E-state index contributed by atoms with van der Waals surface area (Å²) >= 11 is 0. The van der Waals surface area contributed by atoms with E-state index < -0.39 is 0 Å². The zero-order chi connectivity index (χ0) is 12.5. The smallest absolute Gasteiger partial charge is 0.150 e. The minimum Gasteiger partial charge on any atom is -0.456 e. The van der Waals surface area contributed by atoms with Crippen LogP contribution in [0.2, 0.25) is 0 Å². The molecule has 1 heterocycles. The first-order valence-electron chi connectivity index (χ1n) is 5.83. The fourth-order valence-corrected chi connectivity index (χ4v) is 2.09. The molecule has 88 valence electrons. The second kappa shape index (κ2) is 4.15. The van der Waals surface area contributed by atoms with Gasteiger partial charge < -0.3 is 4.42 Å². The van der Waals surface area contributed by atoms with E-state index in [2.05, 4.69) is 0 Å². The Morgan fingerprint density at radius 1 is 1.06 bits per heavy atom. The summed E-state index contributed by atoms with van der Waals surface area (Å²) in [5.74, 6) is 0.803. The lowest BCUT2D eigenvalue weighted by atomic mass is 10.0. The van der Waals surface area contributed by atoms with E-state index in [0.717, 1.165) is 34.1 Å². The molecule has 0 atom stereocenters. The SMILES string of the molecule is Cc1ccc(C=O)cc1-c1cc2ccccc2o1. The van der Waals surface area contributed by atoms with Gasteiger partial charge in [0.25, 0.3) is 0 Å². The van der Waals surface area contributed by atoms with Crippen LogP contribution in [-0.2, 0) is 0 Å². The van der Waals surface area contributed by atoms with Crippen molar-refractivity contribution in [2.75, 3.05) is 0 Å². The van der Waals surface area contributed by atoms with Crippen LogP contribution >= 0.6 is 0 Å². The van der Waals surface area contributed by atoms with Crippen molar-refractivity contribution in [2.45, 2.75) is 6.92 Å². The van der Waals surface area contributed by atoms with Gasteiger partial charge in [0.15, 0.2) is 0 Å². The predicted octanol–water partition coefficient (Wildman–Crippen LogP) is 4.22. The van der Waals surface area contributed by atoms with Gasteiger partial charge in [0.1, 0.15) is 17.6 Å². The van der Waals surface area contributed by atoms with Crippen LogP contribution in [0.5, 0.6) is 0 Å². The van der Waals surface area contributed by atoms with Crippen molar-refractivity contribution in [3.63, 3.8) is 0 Å². The molecule has 1 aromatic heterocycles. The maximum absolute atomic E-state index is 10.8. The summed E-state index contributed by atoms with van der Waals surface area (Å²) in [4.78, 5) is 10.8. The van der Waals surface area contributed by atoms with Gasteiger partial charge in [0.05, 0.1) is 0 Å². The second-order valence-corrected chi connectivity index (χ2v) is 4.34. The molecule has 2 aromatic carbocycles. The maximum atomic E-state index is 10.8. The molecular formula is C16H12O2. The van der Waals surface area contributed by atoms with Crippen LogP contribution in [-0.4, -0.2) is 6.29 Å². The van der Waals surface area contributed by atoms with E-state index >= 15 is 0 Å². The number of carbonyl (C=O) groups excluding carboxylic acids is 1. The highest BCUT2D eigenvalue weighted by Gasteiger charge is 2.09. The normalized spacial score (nSPS) is 10.7. The first-order valence-corrected chi connectivity index (χ1v) is 5.83. The van der Waals surface area contributed by atoms with Gasteiger partial charge in [-0.2, -0.15) is 0 Å². The Balaban J connectivity index is 2.21. The van der Waals surface area contributed by atoms with Crippen molar-refractivity contribution in [1.29, 1.82) is 0 Å². The summed E-state index contributed by atoms with van der Waals surface area (Å²) in [6.07, 6.45) is 0.853. The molecule has 2 nitrogen and oxygen atoms in total. The van der Waals surface area contributed by atoms with Crippen LogP contribution in [0, 0.1) is 6.92 Å². The standard InChI is InChI=1S/C16H12O2/c1-11-6-7-12(10-17)8-14(11)16-9-13-4-2-3-5-15(13)18-16/h2-10H,1H3. The summed E-state index contributed by atoms with van der Waals surface area (Å²) in [7, 11) is 0. The van der Waals surface area contributed by atoms with Gasteiger partial charge in [-0.25, -0.2) is 0 Å². The van der Waals surface area contributed by atoms with E-state index in [9.17, 15) is 4.79 Å². The quantitative estimate of drug-likeness (QED) is 0.623. The van der Waals surface area contributed by atoms with Crippen molar-refractivity contribution in [1.82, 2.24) is 0 Å². The molecule has 3 rings (SSSR count). The minimum absolute atomic E-state index is 0.663. The third kappa shape index (κ3) is 1.72. The Hall–Kier alpha value is -2.35. The fraction of sp³-hybridized carbons (Fsp3) is 0.0625. The van der Waals surface area contributed by atoms with E-state index in [1.807, 2.05) is 55.5 Å². The molecule has 0 fully saturated rings. The van der Waals surface area contributed by atoms with Crippen molar-refractivity contribution in [2.24, 2.45) is 0 Å². The minimum atomic E-state index is 0.663. The number of aldehydes is 1. The molecule has 2 heteroatoms. The molecule has 18 heavy (non-hydrogen) atoms. The average Bonchev–Trinajstić information content (AvgIpc) is 2.82. The summed E-state index contributed by atoms with van der Waals surface area (Å²) in [5.41, 5.74) is 3.59. The second-order valence-electron chi connectivity index (χ2n) is 4.34. The fourth-order valence-electron chi connectivity index (χ4n) is 2.09. The zero-order valence-corrected chi connectivity index (χ0v) is 10.0. The van der Waals surface area contributed by atoms with Crippen LogP contribution < -0.4 is 0 Å². The van der Waals surface area contributed by atoms with Crippen LogP contribution in [0.25, 0.3) is 22.3 Å². The number of fused-ring (bicyclic) bond motifs is 1. The Bertz CT molecular complexity index is 690. The molecule has 0 spiro atoms. The highest BCUT2D eigenvalue weighted by Crippen LogP contribution is 2.30. The molecule has 3 aromatic rings. The van der Waals surface area contributed by atoms with E-state index in [1.54, 1.807) is 0 Å². The Kier molecular flexibility index (Phi) is 2.49. The van der Waals surface area contributed by atoms with Gasteiger partial charge in [0.2, 0.25) is 0 Å². The number of carbonyl (C=O) groups is 1. The molecule has 0 saturated heterocycles. The zero-order valence-electron chi connectivity index (χ0n) is 10.0. The molecule has 0 N–H and O–H groups in total. The summed E-state index contributed by atoms with van der Waals surface area (Å²) in [6.45, 7) is 2.01. The van der Waals surface area contributed by atoms with Crippen LogP contribution in [0.3, 0.4) is 0 Å². The highest BCUT2D eigenvalue weighted by molar-refractivity contribution is 5.85. The first-order chi connectivity index (χ1) is 8.78. The number of hydrogen-bond acceptors (Lipinski definition) is 2. The first kappa shape index (κ1) is 10.8. The lowest BCUT2D eigenvalue weighted by Crippen LogP contribution is -1.85. The number of para-hydroxylation sites is 1. The van der Waals surface area contributed by atoms with E-state index in [0.29, 0.717) is 5.56 Å². The van der Waals surface area contributed by atoms with E-state index in [-0.39, 0.29) is 0 Å². The predicted molar refractivity (Wildman–Crippen MR) is 71.8 cm³/mol. The largest absolute Gasteiger partial charge is 0.456 e. The average molecular weight is 236 g/mol. The maximum Gasteiger partial charge on any atom is 0.150 e. The van der Waals surface area contributed by atoms with Crippen molar-refractivity contribution in [3.8, 4) is 11.3 Å². The van der Waals surface area contributed by atoms with Gasteiger partial charge in [0, 0.05) is 16.5 Å². The molecule has 0 amide bonds. The number of rotatable bonds is 2. The van der Waals surface area contributed by atoms with Gasteiger partial charge in [-0.15, -0.1) is 0 Å². The molecule has 0 unspecified atom stereocenters. The van der Waals surface area contributed by atoms with Crippen molar-refractivity contribution in [3.05, 3.63) is 59.7 Å². The molecule has 0 radical (unpaired) electrons. The molecule has 0 aliphatic rings. The molecule has 0 bridgehead atoms. The topological polar surface area (TPSA) is 30.2 Å². The van der Waals surface area contributed by atoms with Crippen LogP contribution in [0.1, 0.15) is 15.9 Å². The lowest BCUT2D eigenvalue weighted by Gasteiger charge is -2.02. The lowest BCUT2D eigenvalue weighted by molar-refractivity contribution is 0.112. The van der Waals surface area contributed by atoms with Crippen molar-refractivity contribution >= 4 is 17.3 Å². The highest BCUT2D eigenvalue weighted by atomic mass is 16.3. The third-order valence-electron chi connectivity index (χ3n) is 3.09. The van der Waals surface area contributed by atoms with E-state index in [1.165, 1.54) is 0 Å². The Morgan fingerprint density at radius 2 is 1.89 bits per heavy atom. The van der Waals surface area contributed by atoms with Crippen LogP contribution in [0.15, 0.2) is 52.9 Å². The molecule has 0 aliphatic carbocycles. The van der Waals surface area contributed by atoms with Crippen molar-refractivity contribution < 1.29 is 9.21 Å². The Labute approximate surface area is 105 Å². The number of furan rings is 1. The number of benzene rings is 2. The molecular weight excluding hydrogens is 224 g/mol. The summed E-state index contributed by atoms with van der Waals surface area (Å²) in [6, 6.07) is 15.5. The third-order valence-corrected chi connectivity index (χ3v) is 3.09. The number of aryl methyl sites for hydroxylation is 1. The van der Waals surface area contributed by atoms with Gasteiger partial charge in [-0.05, 0) is 30.7 Å². The van der Waals surface area contributed by atoms with E-state index in [4.69, 9.17) is 4.42 Å². The van der Waals surface area contributed by atoms with Gasteiger partial charge in [-0.1, -0.05) is 30.3 Å². The molecule has 0 aliphatic heterocycles. The summed E-state index contributed by atoms with van der Waals surface area (Å²) < 4.78 is 5.82. The summed E-state index contributed by atoms with van der Waals surface area (Å²) in [5, 5.41) is 1.07. The molecule has 0 saturated carbocycles. The Morgan fingerprint density at radius 3 is 2.67 bits per heavy atom. The van der Waals surface area contributed by atoms with Gasteiger partial charge in [-0.3, -0.25) is 4.79 Å². The number of hydrogen-bond donors (Lipinski definition) is 0. The van der Waals surface area contributed by atoms with Gasteiger partial charge >= 0.3 is 0 Å².